The Morgan fingerprint density at radius 3 is 2.65 bits per heavy atom. The first-order valence-corrected chi connectivity index (χ1v) is 8.29. The Hall–Kier alpha value is -1.25. The van der Waals surface area contributed by atoms with Crippen LogP contribution in [0.3, 0.4) is 0 Å². The van der Waals surface area contributed by atoms with Crippen LogP contribution in [-0.4, -0.2) is 24.1 Å². The van der Waals surface area contributed by atoms with Crippen molar-refractivity contribution in [2.45, 2.75) is 57.9 Å². The molecule has 1 aromatic heterocycles. The molecule has 0 amide bonds. The van der Waals surface area contributed by atoms with Crippen molar-refractivity contribution in [1.82, 2.24) is 4.98 Å². The molecule has 1 aromatic rings. The van der Waals surface area contributed by atoms with Gasteiger partial charge in [-0.25, -0.2) is 4.98 Å². The lowest BCUT2D eigenvalue weighted by atomic mass is 10.0. The summed E-state index contributed by atoms with van der Waals surface area (Å²) in [5, 5.41) is 3.68. The maximum atomic E-state index is 4.63. The first-order chi connectivity index (χ1) is 9.81. The van der Waals surface area contributed by atoms with Gasteiger partial charge in [0.1, 0.15) is 5.82 Å². The monoisotopic (exact) mass is 273 g/mol. The summed E-state index contributed by atoms with van der Waals surface area (Å²) >= 11 is 0. The Morgan fingerprint density at radius 1 is 1.05 bits per heavy atom. The molecule has 110 valence electrons. The lowest BCUT2D eigenvalue weighted by molar-refractivity contribution is 0.502. The molecule has 0 bridgehead atoms. The minimum Gasteiger partial charge on any atom is -0.381 e. The van der Waals surface area contributed by atoms with Crippen LogP contribution in [0.25, 0.3) is 0 Å². The number of nitrogens with zero attached hydrogens (tertiary/aromatic N) is 2. The van der Waals surface area contributed by atoms with Crippen LogP contribution in [0.5, 0.6) is 0 Å². The molecule has 1 saturated carbocycles. The zero-order chi connectivity index (χ0) is 13.8. The molecule has 2 aliphatic rings. The van der Waals surface area contributed by atoms with Crippen molar-refractivity contribution in [3.8, 4) is 0 Å². The van der Waals surface area contributed by atoms with Gasteiger partial charge >= 0.3 is 0 Å². The molecule has 0 spiro atoms. The van der Waals surface area contributed by atoms with Crippen LogP contribution in [0.2, 0.25) is 0 Å². The zero-order valence-electron chi connectivity index (χ0n) is 12.6. The maximum Gasteiger partial charge on any atom is 0.128 e. The van der Waals surface area contributed by atoms with Crippen molar-refractivity contribution in [1.29, 1.82) is 0 Å². The molecule has 2 atom stereocenters. The molecule has 2 heterocycles. The number of hydrogen-bond acceptors (Lipinski definition) is 3. The molecule has 1 aliphatic carbocycles. The molecule has 1 saturated heterocycles. The lowest BCUT2D eigenvalue weighted by Crippen LogP contribution is -2.20. The van der Waals surface area contributed by atoms with Crippen molar-refractivity contribution in [3.05, 3.63) is 18.3 Å². The van der Waals surface area contributed by atoms with Gasteiger partial charge in [-0.3, -0.25) is 0 Å². The third-order valence-corrected chi connectivity index (χ3v) is 4.81. The number of rotatable bonds is 3. The van der Waals surface area contributed by atoms with Crippen LogP contribution in [-0.2, 0) is 0 Å². The smallest absolute Gasteiger partial charge is 0.128 e. The minimum atomic E-state index is 0.638. The SMILES string of the molecule is CC1CCCC(Nc2ccc(N3CCCC3)nc2)CC1. The highest BCUT2D eigenvalue weighted by molar-refractivity contribution is 5.49. The predicted molar refractivity (Wildman–Crippen MR) is 85.3 cm³/mol. The van der Waals surface area contributed by atoms with E-state index in [-0.39, 0.29) is 0 Å². The predicted octanol–water partition coefficient (Wildman–Crippen LogP) is 4.06. The molecule has 2 unspecified atom stereocenters. The number of hydrogen-bond donors (Lipinski definition) is 1. The average molecular weight is 273 g/mol. The fraction of sp³-hybridized carbons (Fsp3) is 0.706. The van der Waals surface area contributed by atoms with Gasteiger partial charge in [0.15, 0.2) is 0 Å². The standard InChI is InChI=1S/C17H27N3/c1-14-5-4-6-15(8-7-14)19-16-9-10-17(18-13-16)20-11-2-3-12-20/h9-10,13-15,19H,2-8,11-12H2,1H3. The second-order valence-corrected chi connectivity index (χ2v) is 6.55. The van der Waals surface area contributed by atoms with Crippen LogP contribution >= 0.6 is 0 Å². The average Bonchev–Trinajstić information content (AvgIpc) is 2.92. The van der Waals surface area contributed by atoms with Crippen molar-refractivity contribution < 1.29 is 0 Å². The summed E-state index contributed by atoms with van der Waals surface area (Å²) in [5.74, 6) is 2.04. The van der Waals surface area contributed by atoms with Crippen molar-refractivity contribution in [2.24, 2.45) is 5.92 Å². The molecule has 2 fully saturated rings. The molecule has 20 heavy (non-hydrogen) atoms. The maximum absolute atomic E-state index is 4.63. The van der Waals surface area contributed by atoms with Crippen LogP contribution in [0.15, 0.2) is 18.3 Å². The number of pyridine rings is 1. The highest BCUT2D eigenvalue weighted by Crippen LogP contribution is 2.25. The van der Waals surface area contributed by atoms with Crippen LogP contribution < -0.4 is 10.2 Å². The van der Waals surface area contributed by atoms with Crippen LogP contribution in [0.4, 0.5) is 11.5 Å². The second-order valence-electron chi connectivity index (χ2n) is 6.55. The Bertz CT molecular complexity index is 409. The molecule has 3 nitrogen and oxygen atoms in total. The third kappa shape index (κ3) is 3.44. The molecule has 3 heteroatoms. The first kappa shape index (κ1) is 13.7. The van der Waals surface area contributed by atoms with Gasteiger partial charge < -0.3 is 10.2 Å². The summed E-state index contributed by atoms with van der Waals surface area (Å²) in [5.41, 5.74) is 1.19. The van der Waals surface area contributed by atoms with E-state index < -0.39 is 0 Å². The quantitative estimate of drug-likeness (QED) is 0.842. The summed E-state index contributed by atoms with van der Waals surface area (Å²) in [6, 6.07) is 5.02. The molecule has 1 N–H and O–H groups in total. The van der Waals surface area contributed by atoms with Gasteiger partial charge in [0, 0.05) is 19.1 Å². The number of anilines is 2. The summed E-state index contributed by atoms with van der Waals surface area (Å²) in [7, 11) is 0. The van der Waals surface area contributed by atoms with E-state index in [9.17, 15) is 0 Å². The fourth-order valence-corrected chi connectivity index (χ4v) is 3.47. The van der Waals surface area contributed by atoms with Gasteiger partial charge in [-0.1, -0.05) is 19.8 Å². The van der Waals surface area contributed by atoms with Gasteiger partial charge in [-0.05, 0) is 50.2 Å². The highest BCUT2D eigenvalue weighted by atomic mass is 15.2. The number of aromatic nitrogens is 1. The largest absolute Gasteiger partial charge is 0.381 e. The Morgan fingerprint density at radius 2 is 1.90 bits per heavy atom. The topological polar surface area (TPSA) is 28.2 Å². The fourth-order valence-electron chi connectivity index (χ4n) is 3.47. The van der Waals surface area contributed by atoms with E-state index in [0.717, 1.165) is 11.7 Å². The minimum absolute atomic E-state index is 0.638. The van der Waals surface area contributed by atoms with Gasteiger partial charge in [0.25, 0.3) is 0 Å². The third-order valence-electron chi connectivity index (χ3n) is 4.81. The van der Waals surface area contributed by atoms with Gasteiger partial charge in [0.05, 0.1) is 11.9 Å². The molecule has 1 aliphatic heterocycles. The highest BCUT2D eigenvalue weighted by Gasteiger charge is 2.17. The van der Waals surface area contributed by atoms with E-state index in [1.807, 2.05) is 6.20 Å². The first-order valence-electron chi connectivity index (χ1n) is 8.29. The van der Waals surface area contributed by atoms with Gasteiger partial charge in [0.2, 0.25) is 0 Å². The molecule has 0 aromatic carbocycles. The molecular formula is C17H27N3. The Labute approximate surface area is 122 Å². The van der Waals surface area contributed by atoms with Crippen LogP contribution in [0, 0.1) is 5.92 Å². The van der Waals surface area contributed by atoms with E-state index in [0.29, 0.717) is 6.04 Å². The van der Waals surface area contributed by atoms with E-state index in [1.165, 1.54) is 63.7 Å². The van der Waals surface area contributed by atoms with Gasteiger partial charge in [-0.2, -0.15) is 0 Å². The summed E-state index contributed by atoms with van der Waals surface area (Å²) in [6.07, 6.45) is 11.3. The lowest BCUT2D eigenvalue weighted by Gasteiger charge is -2.19. The van der Waals surface area contributed by atoms with E-state index in [4.69, 9.17) is 0 Å². The summed E-state index contributed by atoms with van der Waals surface area (Å²) < 4.78 is 0. The van der Waals surface area contributed by atoms with E-state index in [2.05, 4.69) is 34.3 Å². The van der Waals surface area contributed by atoms with Crippen molar-refractivity contribution in [2.75, 3.05) is 23.3 Å². The second kappa shape index (κ2) is 6.47. The van der Waals surface area contributed by atoms with Gasteiger partial charge in [-0.15, -0.1) is 0 Å². The molecular weight excluding hydrogens is 246 g/mol. The summed E-state index contributed by atoms with van der Waals surface area (Å²) in [4.78, 5) is 7.01. The summed E-state index contributed by atoms with van der Waals surface area (Å²) in [6.45, 7) is 4.72. The molecule has 3 rings (SSSR count). The van der Waals surface area contributed by atoms with Crippen molar-refractivity contribution >= 4 is 11.5 Å². The van der Waals surface area contributed by atoms with Crippen LogP contribution in [0.1, 0.15) is 51.9 Å². The zero-order valence-corrected chi connectivity index (χ0v) is 12.6. The Kier molecular flexibility index (Phi) is 4.44. The van der Waals surface area contributed by atoms with E-state index >= 15 is 0 Å². The number of nitrogens with one attached hydrogen (secondary N) is 1. The van der Waals surface area contributed by atoms with Crippen molar-refractivity contribution in [3.63, 3.8) is 0 Å². The Balaban J connectivity index is 1.57. The normalized spacial score (nSPS) is 27.4. The molecule has 0 radical (unpaired) electrons. The van der Waals surface area contributed by atoms with E-state index in [1.54, 1.807) is 0 Å².